The average Bonchev–Trinajstić information content (AvgIpc) is 2.78. The van der Waals surface area contributed by atoms with Crippen molar-refractivity contribution in [1.82, 2.24) is 4.90 Å². The van der Waals surface area contributed by atoms with E-state index in [2.05, 4.69) is 0 Å². The fourth-order valence-corrected chi connectivity index (χ4v) is 5.01. The molecule has 4 aromatic carbocycles. The maximum absolute atomic E-state index is 13.4. The molecule has 6 nitrogen and oxygen atoms in total. The van der Waals surface area contributed by atoms with E-state index in [9.17, 15) is 18.0 Å². The summed E-state index contributed by atoms with van der Waals surface area (Å²) in [5.74, 6) is -0.911. The molecule has 0 saturated heterocycles. The highest BCUT2D eigenvalue weighted by Gasteiger charge is 2.34. The lowest BCUT2D eigenvalue weighted by molar-refractivity contribution is 0.0589. The van der Waals surface area contributed by atoms with Gasteiger partial charge in [-0.2, -0.15) is 8.42 Å². The normalized spacial score (nSPS) is 13.8. The van der Waals surface area contributed by atoms with E-state index in [-0.39, 0.29) is 18.0 Å². The molecule has 1 aliphatic heterocycles. The first-order chi connectivity index (χ1) is 15.4. The molecule has 32 heavy (non-hydrogen) atoms. The third-order valence-corrected chi connectivity index (χ3v) is 7.01. The van der Waals surface area contributed by atoms with Gasteiger partial charge in [-0.05, 0) is 47.3 Å². The van der Waals surface area contributed by atoms with Crippen LogP contribution in [0.3, 0.4) is 0 Å². The number of hydrogen-bond acceptors (Lipinski definition) is 5. The molecule has 0 aliphatic carbocycles. The number of aryl methyl sites for hydroxylation is 1. The van der Waals surface area contributed by atoms with Crippen LogP contribution in [0.2, 0.25) is 0 Å². The Morgan fingerprint density at radius 3 is 2.34 bits per heavy atom. The zero-order valence-electron chi connectivity index (χ0n) is 17.2. The van der Waals surface area contributed by atoms with Crippen LogP contribution in [0, 0.1) is 6.92 Å². The van der Waals surface area contributed by atoms with Crippen LogP contribution < -0.4 is 0 Å². The molecular formula is C25H19NO5S. The second-order valence-electron chi connectivity index (χ2n) is 7.73. The van der Waals surface area contributed by atoms with Gasteiger partial charge in [-0.1, -0.05) is 54.1 Å². The lowest BCUT2D eigenvalue weighted by Gasteiger charge is -2.28. The molecule has 0 atom stereocenters. The largest absolute Gasteiger partial charge is 0.297 e. The summed E-state index contributed by atoms with van der Waals surface area (Å²) in [7, 11) is -4.00. The smallest absolute Gasteiger partial charge is 0.272 e. The topological polar surface area (TPSA) is 80.8 Å². The fourth-order valence-electron chi connectivity index (χ4n) is 4.11. The summed E-state index contributed by atoms with van der Waals surface area (Å²) >= 11 is 0. The summed E-state index contributed by atoms with van der Waals surface area (Å²) in [4.78, 5) is 27.6. The molecule has 7 heteroatoms. The monoisotopic (exact) mass is 445 g/mol. The fraction of sp³-hybridized carbons (Fsp3) is 0.120. The van der Waals surface area contributed by atoms with Crippen molar-refractivity contribution in [3.05, 3.63) is 89.5 Å². The van der Waals surface area contributed by atoms with Gasteiger partial charge in [0, 0.05) is 10.9 Å². The molecule has 160 valence electrons. The van der Waals surface area contributed by atoms with E-state index in [1.807, 2.05) is 43.3 Å². The maximum Gasteiger partial charge on any atom is 0.297 e. The number of amides is 2. The van der Waals surface area contributed by atoms with E-state index in [0.717, 1.165) is 26.6 Å². The summed E-state index contributed by atoms with van der Waals surface area (Å²) in [6.07, 6.45) is 0. The van der Waals surface area contributed by atoms with Crippen LogP contribution in [0.4, 0.5) is 0 Å². The number of fused-ring (bicyclic) bond motifs is 2. The molecular weight excluding hydrogens is 426 g/mol. The minimum absolute atomic E-state index is 0.0282. The van der Waals surface area contributed by atoms with Gasteiger partial charge in [0.25, 0.3) is 21.9 Å². The Labute approximate surface area is 185 Å². The van der Waals surface area contributed by atoms with Gasteiger partial charge in [0.2, 0.25) is 0 Å². The standard InChI is InChI=1S/C25H19NO5S/c1-16-9-11-19(12-10-16)32(29,30)31-14-13-26-24(27)21-8-4-6-18-15-17-5-2-3-7-20(17)23(22(18)21)25(26)28/h2-12,15H,13-14H2,1H3. The summed E-state index contributed by atoms with van der Waals surface area (Å²) in [5, 5.41) is 3.09. The molecule has 1 heterocycles. The number of rotatable bonds is 5. The number of imide groups is 1. The van der Waals surface area contributed by atoms with Crippen LogP contribution in [0.1, 0.15) is 26.3 Å². The van der Waals surface area contributed by atoms with Crippen molar-refractivity contribution in [1.29, 1.82) is 0 Å². The van der Waals surface area contributed by atoms with Crippen LogP contribution >= 0.6 is 0 Å². The lowest BCUT2D eigenvalue weighted by atomic mass is 9.89. The number of carbonyl (C=O) groups excluding carboxylic acids is 2. The Balaban J connectivity index is 1.47. The van der Waals surface area contributed by atoms with Gasteiger partial charge in [0.1, 0.15) is 0 Å². The quantitative estimate of drug-likeness (QED) is 0.260. The molecule has 0 fully saturated rings. The third-order valence-electron chi connectivity index (χ3n) is 5.69. The Morgan fingerprint density at radius 1 is 0.844 bits per heavy atom. The second kappa shape index (κ2) is 7.55. The first-order valence-electron chi connectivity index (χ1n) is 10.1. The number of hydrogen-bond donors (Lipinski definition) is 0. The van der Waals surface area contributed by atoms with E-state index in [1.54, 1.807) is 24.3 Å². The average molecular weight is 445 g/mol. The Bertz CT molecular complexity index is 1510. The van der Waals surface area contributed by atoms with Crippen molar-refractivity contribution in [2.75, 3.05) is 13.2 Å². The van der Waals surface area contributed by atoms with Crippen LogP contribution in [-0.4, -0.2) is 38.3 Å². The molecule has 1 aliphatic rings. The SMILES string of the molecule is Cc1ccc(S(=O)(=O)OCCN2C(=O)c3cccc4cc5ccccc5c(c34)C2=O)cc1. The summed E-state index contributed by atoms with van der Waals surface area (Å²) < 4.78 is 30.1. The minimum atomic E-state index is -4.00. The number of carbonyl (C=O) groups is 2. The Kier molecular flexibility index (Phi) is 4.80. The summed E-state index contributed by atoms with van der Waals surface area (Å²) in [6, 6.07) is 21.1. The van der Waals surface area contributed by atoms with Gasteiger partial charge < -0.3 is 0 Å². The van der Waals surface area contributed by atoms with Crippen molar-refractivity contribution in [3.8, 4) is 0 Å². The van der Waals surface area contributed by atoms with Crippen molar-refractivity contribution in [3.63, 3.8) is 0 Å². The number of benzene rings is 4. The molecule has 0 aromatic heterocycles. The van der Waals surface area contributed by atoms with Crippen molar-refractivity contribution in [2.45, 2.75) is 11.8 Å². The number of nitrogens with zero attached hydrogens (tertiary/aromatic N) is 1. The Morgan fingerprint density at radius 2 is 1.56 bits per heavy atom. The molecule has 0 spiro atoms. The minimum Gasteiger partial charge on any atom is -0.272 e. The highest BCUT2D eigenvalue weighted by molar-refractivity contribution is 7.86. The van der Waals surface area contributed by atoms with Gasteiger partial charge >= 0.3 is 0 Å². The van der Waals surface area contributed by atoms with Crippen molar-refractivity contribution < 1.29 is 22.2 Å². The second-order valence-corrected chi connectivity index (χ2v) is 9.34. The van der Waals surface area contributed by atoms with Crippen molar-refractivity contribution >= 4 is 43.5 Å². The molecule has 0 radical (unpaired) electrons. The highest BCUT2D eigenvalue weighted by Crippen LogP contribution is 2.35. The molecule has 5 rings (SSSR count). The van der Waals surface area contributed by atoms with Crippen molar-refractivity contribution in [2.24, 2.45) is 0 Å². The van der Waals surface area contributed by atoms with E-state index >= 15 is 0 Å². The van der Waals surface area contributed by atoms with E-state index in [1.165, 1.54) is 12.1 Å². The van der Waals surface area contributed by atoms with Gasteiger partial charge in [0.15, 0.2) is 0 Å². The van der Waals surface area contributed by atoms with E-state index in [4.69, 9.17) is 4.18 Å². The Hall–Kier alpha value is -3.55. The van der Waals surface area contributed by atoms with Gasteiger partial charge in [-0.15, -0.1) is 0 Å². The first kappa shape index (κ1) is 20.4. The van der Waals surface area contributed by atoms with E-state index in [0.29, 0.717) is 16.5 Å². The van der Waals surface area contributed by atoms with Gasteiger partial charge in [-0.3, -0.25) is 18.7 Å². The predicted octanol–water partition coefficient (Wildman–Crippen LogP) is 4.30. The van der Waals surface area contributed by atoms with E-state index < -0.39 is 21.9 Å². The first-order valence-corrected chi connectivity index (χ1v) is 11.5. The third kappa shape index (κ3) is 3.26. The molecule has 0 N–H and O–H groups in total. The zero-order chi connectivity index (χ0) is 22.5. The zero-order valence-corrected chi connectivity index (χ0v) is 18.1. The van der Waals surface area contributed by atoms with Gasteiger partial charge in [0.05, 0.1) is 23.6 Å². The molecule has 0 unspecified atom stereocenters. The summed E-state index contributed by atoms with van der Waals surface area (Å²) in [6.45, 7) is 1.35. The maximum atomic E-state index is 13.4. The molecule has 0 saturated carbocycles. The van der Waals surface area contributed by atoms with Gasteiger partial charge in [-0.25, -0.2) is 0 Å². The predicted molar refractivity (Wildman–Crippen MR) is 121 cm³/mol. The molecule has 4 aromatic rings. The lowest BCUT2D eigenvalue weighted by Crippen LogP contribution is -2.42. The van der Waals surface area contributed by atoms with Crippen LogP contribution in [0.15, 0.2) is 77.7 Å². The molecule has 0 bridgehead atoms. The highest BCUT2D eigenvalue weighted by atomic mass is 32.2. The van der Waals surface area contributed by atoms with Crippen LogP contribution in [0.5, 0.6) is 0 Å². The molecule has 2 amide bonds. The summed E-state index contributed by atoms with van der Waals surface area (Å²) in [5.41, 5.74) is 1.80. The van der Waals surface area contributed by atoms with Crippen LogP contribution in [0.25, 0.3) is 21.5 Å². The van der Waals surface area contributed by atoms with Crippen LogP contribution in [-0.2, 0) is 14.3 Å².